The third kappa shape index (κ3) is 7.59. The number of halogens is 3. The number of amides is 2. The van der Waals surface area contributed by atoms with E-state index in [0.29, 0.717) is 48.8 Å². The van der Waals surface area contributed by atoms with Crippen molar-refractivity contribution in [3.8, 4) is 11.5 Å². The largest absolute Gasteiger partial charge is 0.490 e. The minimum atomic E-state index is -0.992. The van der Waals surface area contributed by atoms with Crippen molar-refractivity contribution in [1.82, 2.24) is 5.43 Å². The van der Waals surface area contributed by atoms with E-state index >= 15 is 0 Å². The van der Waals surface area contributed by atoms with Gasteiger partial charge in [-0.1, -0.05) is 29.3 Å². The van der Waals surface area contributed by atoms with Gasteiger partial charge in [0.05, 0.1) is 29.5 Å². The fourth-order valence-electron chi connectivity index (χ4n) is 4.14. The van der Waals surface area contributed by atoms with E-state index < -0.39 is 17.8 Å². The minimum absolute atomic E-state index is 0.179. The summed E-state index contributed by atoms with van der Waals surface area (Å²) in [4.78, 5) is 38.6. The lowest BCUT2D eigenvalue weighted by molar-refractivity contribution is -0.136. The van der Waals surface area contributed by atoms with Crippen LogP contribution in [0.3, 0.4) is 0 Å². The Balaban J connectivity index is 1.42. The van der Waals surface area contributed by atoms with Crippen LogP contribution in [-0.4, -0.2) is 37.2 Å². The second-order valence-corrected chi connectivity index (χ2v) is 11.5. The van der Waals surface area contributed by atoms with E-state index in [1.165, 1.54) is 17.6 Å². The molecule has 1 heterocycles. The summed E-state index contributed by atoms with van der Waals surface area (Å²) in [5.74, 6) is -1.56. The minimum Gasteiger partial charge on any atom is -0.490 e. The first-order valence-electron chi connectivity index (χ1n) is 12.7. The molecule has 41 heavy (non-hydrogen) atoms. The number of esters is 1. The number of nitrogens with zero attached hydrogens (tertiary/aromatic N) is 1. The van der Waals surface area contributed by atoms with Crippen molar-refractivity contribution in [3.05, 3.63) is 72.0 Å². The first-order chi connectivity index (χ1) is 19.7. The van der Waals surface area contributed by atoms with E-state index in [1.54, 1.807) is 37.3 Å². The number of carbonyl (C=O) groups is 3. The van der Waals surface area contributed by atoms with Gasteiger partial charge < -0.3 is 19.5 Å². The Labute approximate surface area is 259 Å². The number of aryl methyl sites for hydroxylation is 1. The predicted molar refractivity (Wildman–Crippen MR) is 163 cm³/mol. The van der Waals surface area contributed by atoms with Crippen LogP contribution >= 0.6 is 50.5 Å². The Kier molecular flexibility index (Phi) is 10.7. The van der Waals surface area contributed by atoms with Crippen LogP contribution in [0, 0.1) is 0 Å². The summed E-state index contributed by atoms with van der Waals surface area (Å²) in [5.41, 5.74) is 4.73. The zero-order valence-electron chi connectivity index (χ0n) is 22.1. The van der Waals surface area contributed by atoms with Gasteiger partial charge in [0.15, 0.2) is 11.5 Å². The van der Waals surface area contributed by atoms with Gasteiger partial charge in [-0.3, -0.25) is 9.59 Å². The topological polar surface area (TPSA) is 115 Å². The molecule has 13 heteroatoms. The average molecular weight is 683 g/mol. The summed E-state index contributed by atoms with van der Waals surface area (Å²) in [6.45, 7) is 4.31. The van der Waals surface area contributed by atoms with E-state index in [1.807, 2.05) is 6.92 Å². The smallest absolute Gasteiger partial charge is 0.341 e. The highest BCUT2D eigenvalue weighted by molar-refractivity contribution is 9.10. The van der Waals surface area contributed by atoms with Crippen LogP contribution in [0.4, 0.5) is 5.00 Å². The lowest BCUT2D eigenvalue weighted by atomic mass is 10.1. The van der Waals surface area contributed by atoms with Crippen LogP contribution in [0.15, 0.2) is 39.9 Å². The second-order valence-electron chi connectivity index (χ2n) is 8.72. The Bertz CT molecular complexity index is 1510. The van der Waals surface area contributed by atoms with E-state index in [4.69, 9.17) is 37.4 Å². The third-order valence-corrected chi connectivity index (χ3v) is 8.32. The van der Waals surface area contributed by atoms with Crippen LogP contribution in [-0.2, 0) is 33.8 Å². The molecule has 0 saturated carbocycles. The molecule has 0 radical (unpaired) electrons. The van der Waals surface area contributed by atoms with Crippen molar-refractivity contribution < 1.29 is 28.6 Å². The third-order valence-electron chi connectivity index (χ3n) is 5.93. The first kappa shape index (κ1) is 30.8. The van der Waals surface area contributed by atoms with Crippen molar-refractivity contribution in [3.63, 3.8) is 0 Å². The van der Waals surface area contributed by atoms with Gasteiger partial charge in [-0.15, -0.1) is 11.3 Å². The molecule has 0 aliphatic heterocycles. The van der Waals surface area contributed by atoms with Crippen LogP contribution in [0.25, 0.3) is 0 Å². The van der Waals surface area contributed by atoms with Gasteiger partial charge in [-0.05, 0) is 84.4 Å². The molecule has 0 spiro atoms. The maximum Gasteiger partial charge on any atom is 0.341 e. The number of benzene rings is 2. The summed E-state index contributed by atoms with van der Waals surface area (Å²) in [6, 6.07) is 8.55. The molecule has 1 aliphatic rings. The highest BCUT2D eigenvalue weighted by Crippen LogP contribution is 2.40. The van der Waals surface area contributed by atoms with E-state index in [2.05, 4.69) is 31.8 Å². The van der Waals surface area contributed by atoms with E-state index in [-0.39, 0.29) is 13.2 Å². The summed E-state index contributed by atoms with van der Waals surface area (Å²) >= 11 is 17.0. The molecule has 9 nitrogen and oxygen atoms in total. The van der Waals surface area contributed by atoms with E-state index in [0.717, 1.165) is 35.3 Å². The lowest BCUT2D eigenvalue weighted by Crippen LogP contribution is -2.32. The average Bonchev–Trinajstić information content (AvgIpc) is 3.50. The SMILES string of the molecule is CCOC(=O)c1c(NC(=O)C(=O)N/N=C/c2cc(Br)c(OCc3ccc(Cl)cc3Cl)c(OCC)c2)sc2c1CCC2. The molecule has 0 saturated heterocycles. The first-order valence-corrected chi connectivity index (χ1v) is 15.1. The molecule has 0 unspecified atom stereocenters. The molecular formula is C28H26BrCl2N3O6S. The molecule has 4 rings (SSSR count). The number of rotatable bonds is 10. The van der Waals surface area contributed by atoms with Crippen molar-refractivity contribution in [2.24, 2.45) is 5.10 Å². The van der Waals surface area contributed by atoms with Crippen LogP contribution in [0.2, 0.25) is 10.0 Å². The number of nitrogens with one attached hydrogen (secondary N) is 2. The summed E-state index contributed by atoms with van der Waals surface area (Å²) < 4.78 is 17.5. The Morgan fingerprint density at radius 2 is 1.88 bits per heavy atom. The van der Waals surface area contributed by atoms with Gasteiger partial charge in [0.1, 0.15) is 11.6 Å². The zero-order chi connectivity index (χ0) is 29.5. The van der Waals surface area contributed by atoms with Gasteiger partial charge in [-0.25, -0.2) is 10.2 Å². The molecule has 1 aliphatic carbocycles. The molecule has 2 N–H and O–H groups in total. The molecule has 3 aromatic rings. The number of fused-ring (bicyclic) bond motifs is 1. The number of hydrazone groups is 1. The molecule has 0 fully saturated rings. The lowest BCUT2D eigenvalue weighted by Gasteiger charge is -2.15. The maximum atomic E-state index is 12.6. The molecule has 2 amide bonds. The van der Waals surface area contributed by atoms with Crippen molar-refractivity contribution in [2.45, 2.75) is 39.7 Å². The molecule has 0 atom stereocenters. The van der Waals surface area contributed by atoms with Crippen LogP contribution < -0.4 is 20.2 Å². The zero-order valence-corrected chi connectivity index (χ0v) is 26.1. The number of hydrogen-bond acceptors (Lipinski definition) is 8. The quantitative estimate of drug-likeness (QED) is 0.109. The Morgan fingerprint density at radius 1 is 1.07 bits per heavy atom. The highest BCUT2D eigenvalue weighted by atomic mass is 79.9. The second kappa shape index (κ2) is 14.2. The number of anilines is 1. The normalized spacial score (nSPS) is 12.2. The van der Waals surface area contributed by atoms with Crippen molar-refractivity contribution in [1.29, 1.82) is 0 Å². The van der Waals surface area contributed by atoms with Crippen molar-refractivity contribution >= 4 is 79.5 Å². The number of hydrogen-bond donors (Lipinski definition) is 2. The van der Waals surface area contributed by atoms with Crippen LogP contribution in [0.5, 0.6) is 11.5 Å². The molecular weight excluding hydrogens is 657 g/mol. The molecule has 1 aromatic heterocycles. The van der Waals surface area contributed by atoms with Gasteiger partial charge in [0.2, 0.25) is 0 Å². The number of ether oxygens (including phenoxy) is 3. The highest BCUT2D eigenvalue weighted by Gasteiger charge is 2.29. The fourth-order valence-corrected chi connectivity index (χ4v) is 6.45. The predicted octanol–water partition coefficient (Wildman–Crippen LogP) is 6.55. The summed E-state index contributed by atoms with van der Waals surface area (Å²) in [7, 11) is 0. The molecule has 216 valence electrons. The summed E-state index contributed by atoms with van der Waals surface area (Å²) in [6.07, 6.45) is 3.84. The van der Waals surface area contributed by atoms with Gasteiger partial charge in [-0.2, -0.15) is 5.10 Å². The van der Waals surface area contributed by atoms with Gasteiger partial charge >= 0.3 is 17.8 Å². The van der Waals surface area contributed by atoms with Crippen LogP contribution in [0.1, 0.15) is 52.2 Å². The van der Waals surface area contributed by atoms with Gasteiger partial charge in [0, 0.05) is 20.5 Å². The number of carbonyl (C=O) groups excluding carboxylic acids is 3. The molecule has 0 bridgehead atoms. The number of thiophene rings is 1. The summed E-state index contributed by atoms with van der Waals surface area (Å²) in [5, 5.41) is 7.76. The monoisotopic (exact) mass is 681 g/mol. The Hall–Kier alpha value is -3.12. The maximum absolute atomic E-state index is 12.6. The fraction of sp³-hybridized carbons (Fsp3) is 0.286. The van der Waals surface area contributed by atoms with Crippen molar-refractivity contribution in [2.75, 3.05) is 18.5 Å². The standard InChI is InChI=1S/C28H26BrCl2N3O6S/c1-3-38-21-11-15(10-19(29)24(21)40-14-16-8-9-17(30)12-20(16)31)13-32-34-26(36)25(35)33-27-23(28(37)39-4-2)18-6-5-7-22(18)41-27/h8-13H,3-7,14H2,1-2H3,(H,33,35)(H,34,36)/b32-13+. The molecule has 2 aromatic carbocycles. The Morgan fingerprint density at radius 3 is 2.61 bits per heavy atom. The van der Waals surface area contributed by atoms with Gasteiger partial charge in [0.25, 0.3) is 0 Å². The van der Waals surface area contributed by atoms with E-state index in [9.17, 15) is 14.4 Å².